The Labute approximate surface area is 114 Å². The maximum Gasteiger partial charge on any atom is 0.333 e. The predicted molar refractivity (Wildman–Crippen MR) is 74.8 cm³/mol. The van der Waals surface area contributed by atoms with E-state index >= 15 is 0 Å². The van der Waals surface area contributed by atoms with E-state index in [4.69, 9.17) is 0 Å². The van der Waals surface area contributed by atoms with Crippen molar-refractivity contribution < 1.29 is 8.78 Å². The molecule has 7 heteroatoms. The van der Waals surface area contributed by atoms with Crippen molar-refractivity contribution in [3.63, 3.8) is 0 Å². The summed E-state index contributed by atoms with van der Waals surface area (Å²) in [5.74, 6) is -3.95. The van der Waals surface area contributed by atoms with Crippen molar-refractivity contribution in [2.45, 2.75) is 5.92 Å². The van der Waals surface area contributed by atoms with Crippen molar-refractivity contribution >= 4 is 23.5 Å². The number of aromatic nitrogens is 1. The van der Waals surface area contributed by atoms with Crippen molar-refractivity contribution in [1.29, 1.82) is 0 Å². The zero-order valence-electron chi connectivity index (χ0n) is 10.8. The average Bonchev–Trinajstić information content (AvgIpc) is 2.46. The van der Waals surface area contributed by atoms with E-state index in [1.165, 1.54) is 25.2 Å². The fraction of sp³-hybridized carbons (Fsp3) is 0.154. The molecule has 0 spiro atoms. The number of benzene rings is 1. The van der Waals surface area contributed by atoms with Crippen LogP contribution in [0.25, 0.3) is 10.9 Å². The van der Waals surface area contributed by atoms with Gasteiger partial charge in [0.2, 0.25) is 5.84 Å². The van der Waals surface area contributed by atoms with E-state index in [2.05, 4.69) is 32.8 Å². The smallest absolute Gasteiger partial charge is 0.311 e. The fourth-order valence-corrected chi connectivity index (χ4v) is 1.76. The number of hydrogen-bond donors (Lipinski definition) is 2. The van der Waals surface area contributed by atoms with Crippen LogP contribution in [0.4, 0.5) is 8.78 Å². The number of rotatable bonds is 4. The van der Waals surface area contributed by atoms with Gasteiger partial charge in [-0.2, -0.15) is 19.0 Å². The first-order chi connectivity index (χ1) is 9.59. The van der Waals surface area contributed by atoms with Gasteiger partial charge in [0.15, 0.2) is 0 Å². The SMILES string of the molecule is C=NN/C(=N/NC)C(F)(F)c1ccc2ncccc2c1. The summed E-state index contributed by atoms with van der Waals surface area (Å²) in [6.45, 7) is 3.13. The summed E-state index contributed by atoms with van der Waals surface area (Å²) in [5, 5.41) is 7.37. The molecule has 0 saturated carbocycles. The lowest BCUT2D eigenvalue weighted by Gasteiger charge is -2.18. The molecular formula is C13H13F2N5. The second-order valence-electron chi connectivity index (χ2n) is 3.94. The molecule has 0 bridgehead atoms. The first kappa shape index (κ1) is 13.9. The van der Waals surface area contributed by atoms with Gasteiger partial charge in [0.05, 0.1) is 5.52 Å². The third-order valence-corrected chi connectivity index (χ3v) is 2.67. The van der Waals surface area contributed by atoms with Gasteiger partial charge in [0, 0.05) is 30.9 Å². The van der Waals surface area contributed by atoms with Gasteiger partial charge in [-0.15, -0.1) is 0 Å². The maximum atomic E-state index is 14.4. The molecule has 0 atom stereocenters. The number of hydrazone groups is 2. The Morgan fingerprint density at radius 1 is 1.35 bits per heavy atom. The molecule has 1 aromatic carbocycles. The number of hydrogen-bond acceptors (Lipinski definition) is 4. The third-order valence-electron chi connectivity index (χ3n) is 2.67. The summed E-state index contributed by atoms with van der Waals surface area (Å²) in [7, 11) is 1.42. The van der Waals surface area contributed by atoms with Crippen LogP contribution in [-0.2, 0) is 5.92 Å². The van der Waals surface area contributed by atoms with E-state index in [1.807, 2.05) is 0 Å². The highest BCUT2D eigenvalue weighted by Crippen LogP contribution is 2.30. The van der Waals surface area contributed by atoms with E-state index in [0.717, 1.165) is 0 Å². The summed E-state index contributed by atoms with van der Waals surface area (Å²) >= 11 is 0. The third kappa shape index (κ3) is 2.56. The van der Waals surface area contributed by atoms with Gasteiger partial charge in [-0.1, -0.05) is 12.1 Å². The van der Waals surface area contributed by atoms with Crippen LogP contribution in [-0.4, -0.2) is 24.6 Å². The van der Waals surface area contributed by atoms with Crippen molar-refractivity contribution in [3.05, 3.63) is 42.1 Å². The number of alkyl halides is 2. The summed E-state index contributed by atoms with van der Waals surface area (Å²) in [5.41, 5.74) is 4.86. The van der Waals surface area contributed by atoms with Gasteiger partial charge < -0.3 is 5.43 Å². The molecule has 1 aromatic heterocycles. The van der Waals surface area contributed by atoms with Gasteiger partial charge in [-0.05, 0) is 18.2 Å². The molecule has 5 nitrogen and oxygen atoms in total. The number of halogens is 2. The lowest BCUT2D eigenvalue weighted by atomic mass is 10.0. The zero-order chi connectivity index (χ0) is 14.6. The second-order valence-corrected chi connectivity index (χ2v) is 3.94. The summed E-state index contributed by atoms with van der Waals surface area (Å²) in [6, 6.07) is 7.63. The fourth-order valence-electron chi connectivity index (χ4n) is 1.76. The number of pyridine rings is 1. The minimum Gasteiger partial charge on any atom is -0.311 e. The minimum absolute atomic E-state index is 0.205. The van der Waals surface area contributed by atoms with Crippen LogP contribution in [0, 0.1) is 0 Å². The molecule has 2 N–H and O–H groups in total. The molecular weight excluding hydrogens is 264 g/mol. The Kier molecular flexibility index (Phi) is 3.88. The molecule has 0 fully saturated rings. The second kappa shape index (κ2) is 5.60. The van der Waals surface area contributed by atoms with Gasteiger partial charge in [-0.25, -0.2) is 0 Å². The van der Waals surface area contributed by atoms with Gasteiger partial charge in [0.25, 0.3) is 0 Å². The monoisotopic (exact) mass is 277 g/mol. The van der Waals surface area contributed by atoms with E-state index in [9.17, 15) is 8.78 Å². The molecule has 2 aromatic rings. The molecule has 0 unspecified atom stereocenters. The zero-order valence-corrected chi connectivity index (χ0v) is 10.8. The highest BCUT2D eigenvalue weighted by atomic mass is 19.3. The molecule has 20 heavy (non-hydrogen) atoms. The molecule has 1 heterocycles. The van der Waals surface area contributed by atoms with E-state index in [1.54, 1.807) is 18.3 Å². The van der Waals surface area contributed by atoms with Crippen molar-refractivity contribution in [2.24, 2.45) is 10.2 Å². The van der Waals surface area contributed by atoms with Gasteiger partial charge >= 0.3 is 5.92 Å². The number of nitrogens with one attached hydrogen (secondary N) is 2. The minimum atomic E-state index is -3.33. The highest BCUT2D eigenvalue weighted by Gasteiger charge is 2.39. The molecule has 0 aliphatic rings. The van der Waals surface area contributed by atoms with Crippen LogP contribution in [0.2, 0.25) is 0 Å². The Hall–Kier alpha value is -2.57. The van der Waals surface area contributed by atoms with Crippen LogP contribution < -0.4 is 10.9 Å². The normalized spacial score (nSPS) is 12.2. The van der Waals surface area contributed by atoms with Crippen molar-refractivity contribution in [3.8, 4) is 0 Å². The van der Waals surface area contributed by atoms with E-state index < -0.39 is 11.8 Å². The van der Waals surface area contributed by atoms with Crippen LogP contribution in [0.15, 0.2) is 46.7 Å². The van der Waals surface area contributed by atoms with Crippen LogP contribution >= 0.6 is 0 Å². The highest BCUT2D eigenvalue weighted by molar-refractivity contribution is 5.91. The Balaban J connectivity index is 2.49. The summed E-state index contributed by atoms with van der Waals surface area (Å²) in [4.78, 5) is 4.09. The topological polar surface area (TPSA) is 61.7 Å². The van der Waals surface area contributed by atoms with Gasteiger partial charge in [-0.3, -0.25) is 10.4 Å². The van der Waals surface area contributed by atoms with Crippen LogP contribution in [0.1, 0.15) is 5.56 Å². The lowest BCUT2D eigenvalue weighted by Crippen LogP contribution is -2.37. The van der Waals surface area contributed by atoms with E-state index in [-0.39, 0.29) is 5.56 Å². The summed E-state index contributed by atoms with van der Waals surface area (Å²) in [6.07, 6.45) is 1.61. The molecule has 0 aliphatic heterocycles. The van der Waals surface area contributed by atoms with Crippen molar-refractivity contribution in [2.75, 3.05) is 7.05 Å². The number of amidine groups is 1. The van der Waals surface area contributed by atoms with Crippen LogP contribution in [0.3, 0.4) is 0 Å². The van der Waals surface area contributed by atoms with Crippen molar-refractivity contribution in [1.82, 2.24) is 15.8 Å². The predicted octanol–water partition coefficient (Wildman–Crippen LogP) is 2.06. The molecule has 0 aliphatic carbocycles. The number of fused-ring (bicyclic) bond motifs is 1. The van der Waals surface area contributed by atoms with Gasteiger partial charge in [0.1, 0.15) is 0 Å². The quantitative estimate of drug-likeness (QED) is 0.511. The first-order valence-corrected chi connectivity index (χ1v) is 5.79. The largest absolute Gasteiger partial charge is 0.333 e. The Bertz CT molecular complexity index is 654. The van der Waals surface area contributed by atoms with Crippen LogP contribution in [0.5, 0.6) is 0 Å². The Morgan fingerprint density at radius 2 is 2.15 bits per heavy atom. The standard InChI is InChI=1S/C13H13F2N5/c1-16-19-12(20-17-2)13(14,15)10-5-6-11-9(8-10)4-3-7-18-11/h3-8,17H,1H2,2H3,(H,19,20). The molecule has 0 radical (unpaired) electrons. The van der Waals surface area contributed by atoms with E-state index in [0.29, 0.717) is 10.9 Å². The molecule has 104 valence electrons. The molecule has 0 amide bonds. The number of nitrogens with zero attached hydrogens (tertiary/aromatic N) is 3. The maximum absolute atomic E-state index is 14.4. The summed E-state index contributed by atoms with van der Waals surface area (Å²) < 4.78 is 28.8. The lowest BCUT2D eigenvalue weighted by molar-refractivity contribution is 0.0711. The Morgan fingerprint density at radius 3 is 2.85 bits per heavy atom. The molecule has 2 rings (SSSR count). The first-order valence-electron chi connectivity index (χ1n) is 5.79. The average molecular weight is 277 g/mol. The molecule has 0 saturated heterocycles.